The summed E-state index contributed by atoms with van der Waals surface area (Å²) in [5, 5.41) is 3.40. The van der Waals surface area contributed by atoms with Gasteiger partial charge in [-0.05, 0) is 63.5 Å². The van der Waals surface area contributed by atoms with Crippen LogP contribution >= 0.6 is 0 Å². The molecule has 104 valence electrons. The first-order valence-corrected chi connectivity index (χ1v) is 7.69. The smallest absolute Gasteiger partial charge is 0.222 e. The van der Waals surface area contributed by atoms with Crippen LogP contribution in [0.15, 0.2) is 0 Å². The molecule has 2 aliphatic rings. The van der Waals surface area contributed by atoms with Gasteiger partial charge in [-0.3, -0.25) is 4.79 Å². The highest BCUT2D eigenvalue weighted by atomic mass is 16.2. The quantitative estimate of drug-likeness (QED) is 0.786. The Kier molecular flexibility index (Phi) is 5.04. The first kappa shape index (κ1) is 13.9. The molecule has 3 nitrogen and oxygen atoms in total. The molecule has 2 fully saturated rings. The van der Waals surface area contributed by atoms with Gasteiger partial charge >= 0.3 is 0 Å². The largest absolute Gasteiger partial charge is 0.343 e. The number of nitrogens with zero attached hydrogens (tertiary/aromatic N) is 1. The highest BCUT2D eigenvalue weighted by molar-refractivity contribution is 5.76. The predicted molar refractivity (Wildman–Crippen MR) is 74.4 cm³/mol. The summed E-state index contributed by atoms with van der Waals surface area (Å²) in [5.74, 6) is 2.49. The minimum atomic E-state index is 0.385. The number of hydrogen-bond acceptors (Lipinski definition) is 2. The number of nitrogens with one attached hydrogen (secondary N) is 1. The number of carbonyl (C=O) groups excluding carboxylic acids is 1. The van der Waals surface area contributed by atoms with E-state index in [1.54, 1.807) is 0 Å². The van der Waals surface area contributed by atoms with Gasteiger partial charge < -0.3 is 10.2 Å². The van der Waals surface area contributed by atoms with E-state index in [1.165, 1.54) is 25.7 Å². The second-order valence-corrected chi connectivity index (χ2v) is 6.14. The zero-order valence-corrected chi connectivity index (χ0v) is 12.0. The third kappa shape index (κ3) is 3.98. The van der Waals surface area contributed by atoms with Crippen LogP contribution in [-0.2, 0) is 4.79 Å². The van der Waals surface area contributed by atoms with Crippen molar-refractivity contribution in [2.75, 3.05) is 26.2 Å². The first-order chi connectivity index (χ1) is 8.70. The van der Waals surface area contributed by atoms with Gasteiger partial charge in [0.05, 0.1) is 0 Å². The number of carbonyl (C=O) groups is 1. The fourth-order valence-corrected chi connectivity index (χ4v) is 3.00. The van der Waals surface area contributed by atoms with Gasteiger partial charge in [0.1, 0.15) is 0 Å². The van der Waals surface area contributed by atoms with Crippen LogP contribution < -0.4 is 5.32 Å². The van der Waals surface area contributed by atoms with E-state index < -0.39 is 0 Å². The third-order valence-corrected chi connectivity index (χ3v) is 4.60. The Hall–Kier alpha value is -0.570. The molecule has 1 unspecified atom stereocenters. The number of amides is 1. The minimum Gasteiger partial charge on any atom is -0.343 e. The fourth-order valence-electron chi connectivity index (χ4n) is 3.00. The van der Waals surface area contributed by atoms with Crippen molar-refractivity contribution >= 4 is 5.91 Å². The number of rotatable bonds is 6. The number of piperidine rings is 1. The molecule has 1 N–H and O–H groups in total. The third-order valence-electron chi connectivity index (χ3n) is 4.60. The van der Waals surface area contributed by atoms with Crippen LogP contribution in [0.5, 0.6) is 0 Å². The molecule has 1 aliphatic carbocycles. The normalized spacial score (nSPS) is 22.8. The predicted octanol–water partition coefficient (Wildman–Crippen LogP) is 2.27. The summed E-state index contributed by atoms with van der Waals surface area (Å²) in [6, 6.07) is 0. The van der Waals surface area contributed by atoms with Gasteiger partial charge in [-0.1, -0.05) is 6.92 Å². The molecule has 1 saturated carbocycles. The molecule has 1 amide bonds. The Morgan fingerprint density at radius 2 is 1.94 bits per heavy atom. The molecule has 0 aromatic heterocycles. The van der Waals surface area contributed by atoms with Gasteiger partial charge in [-0.15, -0.1) is 0 Å². The average molecular weight is 252 g/mol. The van der Waals surface area contributed by atoms with Crippen molar-refractivity contribution in [3.05, 3.63) is 0 Å². The van der Waals surface area contributed by atoms with E-state index in [2.05, 4.69) is 24.1 Å². The molecule has 0 bridgehead atoms. The summed E-state index contributed by atoms with van der Waals surface area (Å²) < 4.78 is 0. The maximum Gasteiger partial charge on any atom is 0.222 e. The molecule has 1 atom stereocenters. The monoisotopic (exact) mass is 252 g/mol. The van der Waals surface area contributed by atoms with E-state index >= 15 is 0 Å². The molecule has 1 saturated heterocycles. The average Bonchev–Trinajstić information content (AvgIpc) is 3.20. The molecule has 0 radical (unpaired) electrons. The van der Waals surface area contributed by atoms with Gasteiger partial charge in [0.15, 0.2) is 0 Å². The lowest BCUT2D eigenvalue weighted by Crippen LogP contribution is -2.36. The standard InChI is InChI=1S/C15H28N2O/c1-3-17(11-13-4-5-13)15(18)10-12(2)14-6-8-16-9-7-14/h12-14,16H,3-11H2,1-2H3. The van der Waals surface area contributed by atoms with E-state index in [9.17, 15) is 4.79 Å². The lowest BCUT2D eigenvalue weighted by atomic mass is 9.84. The zero-order valence-electron chi connectivity index (χ0n) is 12.0. The maximum atomic E-state index is 12.3. The topological polar surface area (TPSA) is 32.3 Å². The summed E-state index contributed by atoms with van der Waals surface area (Å²) in [6.07, 6.45) is 5.89. The van der Waals surface area contributed by atoms with Crippen molar-refractivity contribution in [2.24, 2.45) is 17.8 Å². The van der Waals surface area contributed by atoms with Crippen LogP contribution in [0.1, 0.15) is 46.0 Å². The van der Waals surface area contributed by atoms with Crippen molar-refractivity contribution in [1.82, 2.24) is 10.2 Å². The van der Waals surface area contributed by atoms with Gasteiger partial charge in [-0.2, -0.15) is 0 Å². The first-order valence-electron chi connectivity index (χ1n) is 7.69. The molecule has 0 aromatic carbocycles. The highest BCUT2D eigenvalue weighted by Crippen LogP contribution is 2.30. The Morgan fingerprint density at radius 1 is 1.28 bits per heavy atom. The maximum absolute atomic E-state index is 12.3. The van der Waals surface area contributed by atoms with E-state index in [1.807, 2.05) is 0 Å². The van der Waals surface area contributed by atoms with Gasteiger partial charge in [0, 0.05) is 19.5 Å². The summed E-state index contributed by atoms with van der Waals surface area (Å²) in [4.78, 5) is 14.4. The molecule has 1 heterocycles. The van der Waals surface area contributed by atoms with E-state index in [0.717, 1.165) is 44.4 Å². The number of hydrogen-bond donors (Lipinski definition) is 1. The molecule has 1 aliphatic heterocycles. The molecular formula is C15H28N2O. The van der Waals surface area contributed by atoms with Gasteiger partial charge in [0.2, 0.25) is 5.91 Å². The molecule has 0 spiro atoms. The minimum absolute atomic E-state index is 0.385. The molecule has 3 heteroatoms. The van der Waals surface area contributed by atoms with Crippen molar-refractivity contribution < 1.29 is 4.79 Å². The lowest BCUT2D eigenvalue weighted by Gasteiger charge is -2.30. The van der Waals surface area contributed by atoms with E-state index in [4.69, 9.17) is 0 Å². The van der Waals surface area contributed by atoms with Crippen molar-refractivity contribution in [3.63, 3.8) is 0 Å². The second kappa shape index (κ2) is 6.55. The Bertz CT molecular complexity index is 270. The van der Waals surface area contributed by atoms with Gasteiger partial charge in [-0.25, -0.2) is 0 Å². The Morgan fingerprint density at radius 3 is 2.50 bits per heavy atom. The summed E-state index contributed by atoms with van der Waals surface area (Å²) in [5.41, 5.74) is 0. The van der Waals surface area contributed by atoms with Crippen LogP contribution in [0.25, 0.3) is 0 Å². The highest BCUT2D eigenvalue weighted by Gasteiger charge is 2.28. The molecule has 2 rings (SSSR count). The molecular weight excluding hydrogens is 224 g/mol. The Labute approximate surface area is 111 Å². The van der Waals surface area contributed by atoms with Crippen LogP contribution in [0.4, 0.5) is 0 Å². The second-order valence-electron chi connectivity index (χ2n) is 6.14. The molecule has 18 heavy (non-hydrogen) atoms. The molecule has 0 aromatic rings. The van der Waals surface area contributed by atoms with Crippen molar-refractivity contribution in [3.8, 4) is 0 Å². The van der Waals surface area contributed by atoms with Crippen molar-refractivity contribution in [1.29, 1.82) is 0 Å². The Balaban J connectivity index is 1.76. The summed E-state index contributed by atoms with van der Waals surface area (Å²) >= 11 is 0. The van der Waals surface area contributed by atoms with Crippen LogP contribution in [0, 0.1) is 17.8 Å². The SMILES string of the molecule is CCN(CC1CC1)C(=O)CC(C)C1CCNCC1. The lowest BCUT2D eigenvalue weighted by molar-refractivity contribution is -0.132. The summed E-state index contributed by atoms with van der Waals surface area (Å²) in [6.45, 7) is 8.52. The van der Waals surface area contributed by atoms with Crippen LogP contribution in [-0.4, -0.2) is 37.0 Å². The zero-order chi connectivity index (χ0) is 13.0. The van der Waals surface area contributed by atoms with Crippen LogP contribution in [0.2, 0.25) is 0 Å². The van der Waals surface area contributed by atoms with Crippen LogP contribution in [0.3, 0.4) is 0 Å². The fraction of sp³-hybridized carbons (Fsp3) is 0.933. The summed E-state index contributed by atoms with van der Waals surface area (Å²) in [7, 11) is 0. The van der Waals surface area contributed by atoms with Crippen molar-refractivity contribution in [2.45, 2.75) is 46.0 Å². The van der Waals surface area contributed by atoms with E-state index in [0.29, 0.717) is 11.8 Å². The van der Waals surface area contributed by atoms with Gasteiger partial charge in [0.25, 0.3) is 0 Å². The van der Waals surface area contributed by atoms with E-state index in [-0.39, 0.29) is 0 Å².